The van der Waals surface area contributed by atoms with Gasteiger partial charge in [-0.2, -0.15) is 0 Å². The van der Waals surface area contributed by atoms with Gasteiger partial charge in [-0.25, -0.2) is 4.98 Å². The number of nitrogens with zero attached hydrogens (tertiary/aromatic N) is 1. The van der Waals surface area contributed by atoms with Gasteiger partial charge in [0.2, 0.25) is 0 Å². The van der Waals surface area contributed by atoms with Crippen LogP contribution in [0.3, 0.4) is 0 Å². The van der Waals surface area contributed by atoms with Gasteiger partial charge >= 0.3 is 0 Å². The van der Waals surface area contributed by atoms with E-state index in [2.05, 4.69) is 16.9 Å². The first-order chi connectivity index (χ1) is 11.3. The molecular weight excluding hydrogens is 288 g/mol. The van der Waals surface area contributed by atoms with Crippen LogP contribution in [0.1, 0.15) is 13.3 Å². The number of benzene rings is 2. The average Bonchev–Trinajstić information content (AvgIpc) is 2.60. The summed E-state index contributed by atoms with van der Waals surface area (Å²) in [7, 11) is 0. The van der Waals surface area contributed by atoms with E-state index in [0.29, 0.717) is 18.1 Å². The third-order valence-electron chi connectivity index (χ3n) is 3.42. The third-order valence-corrected chi connectivity index (χ3v) is 3.42. The summed E-state index contributed by atoms with van der Waals surface area (Å²) in [5.41, 5.74) is 2.16. The molecule has 0 atom stereocenters. The second kappa shape index (κ2) is 6.92. The average molecular weight is 306 g/mol. The Hall–Kier alpha value is -2.88. The second-order valence-electron chi connectivity index (χ2n) is 5.19. The third kappa shape index (κ3) is 3.48. The molecule has 0 aliphatic heterocycles. The van der Waals surface area contributed by atoms with Crippen LogP contribution >= 0.6 is 0 Å². The standard InChI is InChI=1S/C19H18N2O2/c1-2-12-23-17-11-7-6-10-15(17)19-20-16(13-18(22)21-19)14-8-4-3-5-9-14/h3-11,13H,2,12H2,1H3,(H,20,21,22). The summed E-state index contributed by atoms with van der Waals surface area (Å²) in [6.07, 6.45) is 0.919. The molecule has 2 aromatic carbocycles. The summed E-state index contributed by atoms with van der Waals surface area (Å²) in [4.78, 5) is 19.5. The van der Waals surface area contributed by atoms with Crippen molar-refractivity contribution in [3.63, 3.8) is 0 Å². The Morgan fingerprint density at radius 3 is 2.57 bits per heavy atom. The molecule has 0 fully saturated rings. The molecule has 3 aromatic rings. The molecule has 4 heteroatoms. The lowest BCUT2D eigenvalue weighted by Gasteiger charge is -2.11. The van der Waals surface area contributed by atoms with Gasteiger partial charge < -0.3 is 9.72 Å². The smallest absolute Gasteiger partial charge is 0.251 e. The maximum Gasteiger partial charge on any atom is 0.251 e. The molecule has 4 nitrogen and oxygen atoms in total. The highest BCUT2D eigenvalue weighted by molar-refractivity contribution is 5.67. The van der Waals surface area contributed by atoms with E-state index in [1.54, 1.807) is 0 Å². The molecule has 0 amide bonds. The molecule has 1 heterocycles. The Labute approximate surface area is 134 Å². The SMILES string of the molecule is CCCOc1ccccc1-c1nc(-c2ccccc2)cc(=O)[nH]1. The van der Waals surface area contributed by atoms with E-state index < -0.39 is 0 Å². The predicted molar refractivity (Wildman–Crippen MR) is 91.5 cm³/mol. The van der Waals surface area contributed by atoms with Crippen LogP contribution in [-0.2, 0) is 0 Å². The molecule has 0 saturated heterocycles. The van der Waals surface area contributed by atoms with Crippen LogP contribution in [0, 0.1) is 0 Å². The van der Waals surface area contributed by atoms with E-state index in [1.807, 2.05) is 54.6 Å². The Balaban J connectivity index is 2.08. The number of rotatable bonds is 5. The lowest BCUT2D eigenvalue weighted by molar-refractivity contribution is 0.318. The van der Waals surface area contributed by atoms with Crippen molar-refractivity contribution >= 4 is 0 Å². The van der Waals surface area contributed by atoms with Crippen molar-refractivity contribution in [2.24, 2.45) is 0 Å². The minimum Gasteiger partial charge on any atom is -0.493 e. The topological polar surface area (TPSA) is 55.0 Å². The molecule has 0 aliphatic rings. The van der Waals surface area contributed by atoms with Crippen LogP contribution in [0.2, 0.25) is 0 Å². The molecule has 0 spiro atoms. The molecule has 3 rings (SSSR count). The molecule has 0 unspecified atom stereocenters. The zero-order chi connectivity index (χ0) is 16.1. The Bertz CT molecular complexity index is 841. The lowest BCUT2D eigenvalue weighted by Crippen LogP contribution is -2.09. The van der Waals surface area contributed by atoms with Gasteiger partial charge in [0.15, 0.2) is 0 Å². The van der Waals surface area contributed by atoms with E-state index in [4.69, 9.17) is 4.74 Å². The minimum absolute atomic E-state index is 0.181. The summed E-state index contributed by atoms with van der Waals surface area (Å²) >= 11 is 0. The molecule has 23 heavy (non-hydrogen) atoms. The van der Waals surface area contributed by atoms with Crippen LogP contribution < -0.4 is 10.3 Å². The molecule has 116 valence electrons. The number of para-hydroxylation sites is 1. The minimum atomic E-state index is -0.181. The van der Waals surface area contributed by atoms with Crippen LogP contribution in [0.25, 0.3) is 22.6 Å². The molecule has 0 radical (unpaired) electrons. The summed E-state index contributed by atoms with van der Waals surface area (Å²) in [6.45, 7) is 2.68. The zero-order valence-electron chi connectivity index (χ0n) is 13.0. The van der Waals surface area contributed by atoms with Crippen LogP contribution in [0.4, 0.5) is 0 Å². The van der Waals surface area contributed by atoms with Gasteiger partial charge in [0.05, 0.1) is 17.9 Å². The second-order valence-corrected chi connectivity index (χ2v) is 5.19. The Kier molecular flexibility index (Phi) is 4.52. The van der Waals surface area contributed by atoms with Crippen molar-refractivity contribution in [1.29, 1.82) is 0 Å². The largest absolute Gasteiger partial charge is 0.493 e. The zero-order valence-corrected chi connectivity index (χ0v) is 13.0. The number of nitrogens with one attached hydrogen (secondary N) is 1. The molecule has 0 bridgehead atoms. The van der Waals surface area contributed by atoms with Crippen LogP contribution in [-0.4, -0.2) is 16.6 Å². The molecule has 1 aromatic heterocycles. The van der Waals surface area contributed by atoms with Gasteiger partial charge in [-0.15, -0.1) is 0 Å². The van der Waals surface area contributed by atoms with Crippen LogP contribution in [0.15, 0.2) is 65.5 Å². The fraction of sp³-hybridized carbons (Fsp3) is 0.158. The number of H-pyrrole nitrogens is 1. The summed E-state index contributed by atoms with van der Waals surface area (Å²) in [5, 5.41) is 0. The Morgan fingerprint density at radius 1 is 1.04 bits per heavy atom. The fourth-order valence-electron chi connectivity index (χ4n) is 2.34. The highest BCUT2D eigenvalue weighted by atomic mass is 16.5. The molecule has 1 N–H and O–H groups in total. The van der Waals surface area contributed by atoms with E-state index in [9.17, 15) is 4.79 Å². The van der Waals surface area contributed by atoms with Gasteiger partial charge in [-0.05, 0) is 18.6 Å². The van der Waals surface area contributed by atoms with Crippen LogP contribution in [0.5, 0.6) is 5.75 Å². The highest BCUT2D eigenvalue weighted by Crippen LogP contribution is 2.28. The fourth-order valence-corrected chi connectivity index (χ4v) is 2.34. The molecule has 0 saturated carbocycles. The van der Waals surface area contributed by atoms with Crippen molar-refractivity contribution in [3.05, 3.63) is 71.0 Å². The van der Waals surface area contributed by atoms with E-state index in [0.717, 1.165) is 23.3 Å². The van der Waals surface area contributed by atoms with Gasteiger partial charge in [0.1, 0.15) is 11.6 Å². The van der Waals surface area contributed by atoms with Crippen molar-refractivity contribution in [3.8, 4) is 28.4 Å². The number of hydrogen-bond acceptors (Lipinski definition) is 3. The summed E-state index contributed by atoms with van der Waals surface area (Å²) in [5.74, 6) is 1.24. The Morgan fingerprint density at radius 2 is 1.78 bits per heavy atom. The van der Waals surface area contributed by atoms with E-state index in [-0.39, 0.29) is 5.56 Å². The van der Waals surface area contributed by atoms with E-state index >= 15 is 0 Å². The highest BCUT2D eigenvalue weighted by Gasteiger charge is 2.10. The first-order valence-electron chi connectivity index (χ1n) is 7.67. The summed E-state index contributed by atoms with van der Waals surface area (Å²) < 4.78 is 5.76. The maximum absolute atomic E-state index is 12.0. The number of aromatic amines is 1. The first-order valence-corrected chi connectivity index (χ1v) is 7.67. The van der Waals surface area contributed by atoms with Crippen molar-refractivity contribution in [1.82, 2.24) is 9.97 Å². The summed E-state index contributed by atoms with van der Waals surface area (Å²) in [6, 6.07) is 18.8. The van der Waals surface area contributed by atoms with Gasteiger partial charge in [-0.1, -0.05) is 49.4 Å². The molecular formula is C19H18N2O2. The van der Waals surface area contributed by atoms with Crippen molar-refractivity contribution < 1.29 is 4.74 Å². The predicted octanol–water partition coefficient (Wildman–Crippen LogP) is 3.89. The van der Waals surface area contributed by atoms with Crippen molar-refractivity contribution in [2.75, 3.05) is 6.61 Å². The number of aromatic nitrogens is 2. The van der Waals surface area contributed by atoms with Crippen molar-refractivity contribution in [2.45, 2.75) is 13.3 Å². The normalized spacial score (nSPS) is 10.5. The number of ether oxygens (including phenoxy) is 1. The van der Waals surface area contributed by atoms with Gasteiger partial charge in [0.25, 0.3) is 5.56 Å². The lowest BCUT2D eigenvalue weighted by atomic mass is 10.1. The monoisotopic (exact) mass is 306 g/mol. The van der Waals surface area contributed by atoms with Gasteiger partial charge in [0, 0.05) is 11.6 Å². The van der Waals surface area contributed by atoms with Gasteiger partial charge in [-0.3, -0.25) is 4.79 Å². The molecule has 0 aliphatic carbocycles. The maximum atomic E-state index is 12.0. The first kappa shape index (κ1) is 15.0. The quantitative estimate of drug-likeness (QED) is 0.778. The van der Waals surface area contributed by atoms with E-state index in [1.165, 1.54) is 6.07 Å². The number of hydrogen-bond donors (Lipinski definition) is 1.